The van der Waals surface area contributed by atoms with Gasteiger partial charge in [0.15, 0.2) is 0 Å². The maximum absolute atomic E-state index is 13.2. The van der Waals surface area contributed by atoms with E-state index in [0.29, 0.717) is 25.9 Å². The monoisotopic (exact) mass is 398 g/mol. The van der Waals surface area contributed by atoms with Crippen LogP contribution in [-0.4, -0.2) is 59.5 Å². The molecule has 0 radical (unpaired) electrons. The number of halogens is 3. The van der Waals surface area contributed by atoms with E-state index in [1.54, 1.807) is 22.9 Å². The predicted octanol–water partition coefficient (Wildman–Crippen LogP) is 3.21. The third kappa shape index (κ3) is 4.66. The van der Waals surface area contributed by atoms with Crippen LogP contribution in [0.3, 0.4) is 0 Å². The first kappa shape index (κ1) is 20.6. The summed E-state index contributed by atoms with van der Waals surface area (Å²) in [7, 11) is 1.77. The number of likely N-dealkylation sites (tertiary alicyclic amines) is 1. The molecule has 1 saturated carbocycles. The molecule has 0 aromatic heterocycles. The summed E-state index contributed by atoms with van der Waals surface area (Å²) in [5.74, 6) is -1.73. The molecule has 1 N–H and O–H groups in total. The lowest BCUT2D eigenvalue weighted by molar-refractivity contribution is -0.139. The molecule has 5 nitrogen and oxygen atoms in total. The zero-order valence-corrected chi connectivity index (χ0v) is 15.8. The van der Waals surface area contributed by atoms with Crippen molar-refractivity contribution in [2.45, 2.75) is 43.8 Å². The van der Waals surface area contributed by atoms with Gasteiger partial charge in [-0.15, -0.1) is 0 Å². The minimum atomic E-state index is -4.42. The van der Waals surface area contributed by atoms with E-state index in [1.165, 1.54) is 12.1 Å². The summed E-state index contributed by atoms with van der Waals surface area (Å²) in [5, 5.41) is 8.94. The molecule has 154 valence electrons. The third-order valence-electron chi connectivity index (χ3n) is 5.79. The van der Waals surface area contributed by atoms with Crippen LogP contribution in [0.25, 0.3) is 0 Å². The highest BCUT2D eigenvalue weighted by atomic mass is 19.4. The number of benzene rings is 1. The standard InChI is InChI=1S/C20H25F3N2O3/c1-24(12-18(26)27)13-5-4-9-25(10-8-13)19(28)16-11-15(16)14-6-2-3-7-17(14)20(21,22)23/h2-3,6-7,13,15-16H,4-5,8-12H2,1H3,(H,26,27)/t13-,15+,16-/m1/s1. The lowest BCUT2D eigenvalue weighted by Crippen LogP contribution is -2.37. The molecule has 2 fully saturated rings. The van der Waals surface area contributed by atoms with Gasteiger partial charge in [-0.2, -0.15) is 13.2 Å². The lowest BCUT2D eigenvalue weighted by atomic mass is 10.0. The third-order valence-corrected chi connectivity index (χ3v) is 5.79. The number of carbonyl (C=O) groups is 2. The van der Waals surface area contributed by atoms with Crippen LogP contribution in [0.1, 0.15) is 42.7 Å². The summed E-state index contributed by atoms with van der Waals surface area (Å²) >= 11 is 0. The number of alkyl halides is 3. The molecule has 1 aliphatic carbocycles. The summed E-state index contributed by atoms with van der Waals surface area (Å²) in [4.78, 5) is 27.3. The summed E-state index contributed by atoms with van der Waals surface area (Å²) in [6, 6.07) is 5.59. The number of amides is 1. The minimum Gasteiger partial charge on any atom is -0.480 e. The van der Waals surface area contributed by atoms with Crippen LogP contribution in [0.2, 0.25) is 0 Å². The highest BCUT2D eigenvalue weighted by molar-refractivity contribution is 5.83. The largest absolute Gasteiger partial charge is 0.480 e. The first-order valence-electron chi connectivity index (χ1n) is 9.55. The second-order valence-electron chi connectivity index (χ2n) is 7.75. The van der Waals surface area contributed by atoms with Gasteiger partial charge in [0.25, 0.3) is 0 Å². The fraction of sp³-hybridized carbons (Fsp3) is 0.600. The van der Waals surface area contributed by atoms with Gasteiger partial charge in [-0.05, 0) is 50.3 Å². The molecule has 3 atom stereocenters. The summed E-state index contributed by atoms with van der Waals surface area (Å²) in [6.07, 6.45) is -1.73. The highest BCUT2D eigenvalue weighted by Gasteiger charge is 2.49. The van der Waals surface area contributed by atoms with Gasteiger partial charge in [-0.1, -0.05) is 18.2 Å². The number of likely N-dealkylation sites (N-methyl/N-ethyl adjacent to an activating group) is 1. The first-order chi connectivity index (χ1) is 13.2. The molecule has 0 bridgehead atoms. The maximum Gasteiger partial charge on any atom is 0.416 e. The molecule has 2 aliphatic rings. The zero-order chi connectivity index (χ0) is 20.5. The van der Waals surface area contributed by atoms with Gasteiger partial charge in [-0.3, -0.25) is 14.5 Å². The summed E-state index contributed by atoms with van der Waals surface area (Å²) in [6.45, 7) is 1.04. The topological polar surface area (TPSA) is 60.9 Å². The highest BCUT2D eigenvalue weighted by Crippen LogP contribution is 2.51. The molecule has 0 spiro atoms. The van der Waals surface area contributed by atoms with Crippen molar-refractivity contribution in [2.75, 3.05) is 26.7 Å². The number of hydrogen-bond donors (Lipinski definition) is 1. The van der Waals surface area contributed by atoms with Crippen molar-refractivity contribution < 1.29 is 27.9 Å². The number of carbonyl (C=O) groups excluding carboxylic acids is 1. The average Bonchev–Trinajstić information content (AvgIpc) is 3.43. The molecule has 8 heteroatoms. The molecule has 1 saturated heterocycles. The van der Waals surface area contributed by atoms with Crippen molar-refractivity contribution >= 4 is 11.9 Å². The number of rotatable bonds is 5. The van der Waals surface area contributed by atoms with E-state index in [-0.39, 0.29) is 30.0 Å². The Hall–Kier alpha value is -2.09. The van der Waals surface area contributed by atoms with Crippen molar-refractivity contribution in [3.05, 3.63) is 35.4 Å². The van der Waals surface area contributed by atoms with Crippen molar-refractivity contribution in [2.24, 2.45) is 5.92 Å². The first-order valence-corrected chi connectivity index (χ1v) is 9.55. The molecule has 1 aromatic rings. The Morgan fingerprint density at radius 1 is 1.21 bits per heavy atom. The zero-order valence-electron chi connectivity index (χ0n) is 15.8. The van der Waals surface area contributed by atoms with Gasteiger partial charge >= 0.3 is 12.1 Å². The number of aliphatic carboxylic acids is 1. The van der Waals surface area contributed by atoms with Crippen LogP contribution in [0.5, 0.6) is 0 Å². The molecular weight excluding hydrogens is 373 g/mol. The quantitative estimate of drug-likeness (QED) is 0.828. The van der Waals surface area contributed by atoms with E-state index in [1.807, 2.05) is 0 Å². The number of carboxylic acids is 1. The van der Waals surface area contributed by atoms with Crippen LogP contribution in [0, 0.1) is 5.92 Å². The molecule has 3 rings (SSSR count). The Balaban J connectivity index is 1.62. The normalized spacial score (nSPS) is 25.5. The van der Waals surface area contributed by atoms with Gasteiger partial charge in [-0.25, -0.2) is 0 Å². The molecule has 0 unspecified atom stereocenters. The Morgan fingerprint density at radius 3 is 2.61 bits per heavy atom. The van der Waals surface area contributed by atoms with Gasteiger partial charge in [0.1, 0.15) is 0 Å². The predicted molar refractivity (Wildman–Crippen MR) is 96.8 cm³/mol. The van der Waals surface area contributed by atoms with Crippen LogP contribution in [0.15, 0.2) is 24.3 Å². The second-order valence-corrected chi connectivity index (χ2v) is 7.75. The van der Waals surface area contributed by atoms with Crippen LogP contribution in [0.4, 0.5) is 13.2 Å². The van der Waals surface area contributed by atoms with Crippen molar-refractivity contribution in [1.82, 2.24) is 9.80 Å². The molecular formula is C20H25F3N2O3. The van der Waals surface area contributed by atoms with E-state index >= 15 is 0 Å². The number of carboxylic acid groups (broad SMARTS) is 1. The summed E-state index contributed by atoms with van der Waals surface area (Å²) < 4.78 is 39.7. The van der Waals surface area contributed by atoms with Crippen molar-refractivity contribution in [3.63, 3.8) is 0 Å². The van der Waals surface area contributed by atoms with E-state index < -0.39 is 23.6 Å². The van der Waals surface area contributed by atoms with Gasteiger partial charge in [0, 0.05) is 25.0 Å². The Bertz CT molecular complexity index is 738. The smallest absolute Gasteiger partial charge is 0.416 e. The molecule has 28 heavy (non-hydrogen) atoms. The molecule has 1 amide bonds. The van der Waals surface area contributed by atoms with E-state index in [2.05, 4.69) is 0 Å². The average molecular weight is 398 g/mol. The lowest BCUT2D eigenvalue weighted by Gasteiger charge is -2.25. The van der Waals surface area contributed by atoms with E-state index in [4.69, 9.17) is 5.11 Å². The Kier molecular flexibility index (Phi) is 5.98. The van der Waals surface area contributed by atoms with Gasteiger partial charge in [0.2, 0.25) is 5.91 Å². The van der Waals surface area contributed by atoms with E-state index in [0.717, 1.165) is 18.9 Å². The minimum absolute atomic E-state index is 0.0441. The second kappa shape index (κ2) is 8.11. The Labute approximate surface area is 162 Å². The van der Waals surface area contributed by atoms with Crippen LogP contribution < -0.4 is 0 Å². The maximum atomic E-state index is 13.2. The number of nitrogens with zero attached hydrogens (tertiary/aromatic N) is 2. The van der Waals surface area contributed by atoms with Crippen molar-refractivity contribution in [1.29, 1.82) is 0 Å². The fourth-order valence-corrected chi connectivity index (χ4v) is 4.21. The molecule has 1 heterocycles. The van der Waals surface area contributed by atoms with Crippen LogP contribution in [-0.2, 0) is 15.8 Å². The molecule has 1 aromatic carbocycles. The SMILES string of the molecule is CN(CC(=O)O)[C@@H]1CCCN(C(=O)[C@@H]2C[C@H]2c2ccccc2C(F)(F)F)CC1. The van der Waals surface area contributed by atoms with Crippen molar-refractivity contribution in [3.8, 4) is 0 Å². The van der Waals surface area contributed by atoms with E-state index in [9.17, 15) is 22.8 Å². The number of hydrogen-bond acceptors (Lipinski definition) is 3. The van der Waals surface area contributed by atoms with Gasteiger partial charge in [0.05, 0.1) is 12.1 Å². The molecule has 1 aliphatic heterocycles. The van der Waals surface area contributed by atoms with Gasteiger partial charge < -0.3 is 10.0 Å². The van der Waals surface area contributed by atoms with Crippen LogP contribution >= 0.6 is 0 Å². The summed E-state index contributed by atoms with van der Waals surface area (Å²) in [5.41, 5.74) is -0.441. The fourth-order valence-electron chi connectivity index (χ4n) is 4.21. The Morgan fingerprint density at radius 2 is 1.93 bits per heavy atom.